The Morgan fingerprint density at radius 2 is 1.85 bits per heavy atom. The first-order chi connectivity index (χ1) is 29.6. The van der Waals surface area contributed by atoms with Crippen LogP contribution >= 0.6 is 0 Å². The van der Waals surface area contributed by atoms with Gasteiger partial charge in [-0.3, -0.25) is 34.1 Å². The number of methoxy groups -OCH3 is 1. The van der Waals surface area contributed by atoms with Crippen molar-refractivity contribution in [2.45, 2.75) is 110 Å². The van der Waals surface area contributed by atoms with Crippen molar-refractivity contribution in [1.82, 2.24) is 35.1 Å². The number of phenolic OH excluding ortho intramolecular Hbond substituents is 1. The topological polar surface area (TPSA) is 159 Å². The van der Waals surface area contributed by atoms with Crippen molar-refractivity contribution in [2.75, 3.05) is 40.9 Å². The third kappa shape index (κ3) is 9.23. The minimum atomic E-state index is -1.10. The number of aromatic hydroxyl groups is 1. The van der Waals surface area contributed by atoms with Crippen LogP contribution in [-0.4, -0.2) is 118 Å². The summed E-state index contributed by atoms with van der Waals surface area (Å²) in [5, 5.41) is 16.7. The Labute approximate surface area is 364 Å². The number of hydrogen-bond donors (Lipinski definition) is 3. The van der Waals surface area contributed by atoms with Crippen molar-refractivity contribution >= 4 is 34.6 Å². The van der Waals surface area contributed by atoms with Gasteiger partial charge in [0.1, 0.15) is 23.9 Å². The molecule has 7 rings (SSSR count). The van der Waals surface area contributed by atoms with Crippen LogP contribution in [0.1, 0.15) is 77.0 Å². The van der Waals surface area contributed by atoms with E-state index in [9.17, 15) is 24.3 Å². The highest BCUT2D eigenvalue weighted by Crippen LogP contribution is 2.41. The Bertz CT molecular complexity index is 2320. The summed E-state index contributed by atoms with van der Waals surface area (Å²) in [7, 11) is 5.26. The highest BCUT2D eigenvalue weighted by atomic mass is 16.5. The molecule has 3 N–H and O–H groups in total. The lowest BCUT2D eigenvalue weighted by atomic mass is 9.84. The maximum Gasteiger partial charge on any atom is 0.324 e. The molecule has 6 bridgehead atoms. The lowest BCUT2D eigenvalue weighted by molar-refractivity contribution is -0.155. The number of esters is 1. The van der Waals surface area contributed by atoms with Crippen LogP contribution in [0, 0.1) is 11.3 Å². The van der Waals surface area contributed by atoms with E-state index in [-0.39, 0.29) is 36.6 Å². The predicted octanol–water partition coefficient (Wildman–Crippen LogP) is 5.47. The Morgan fingerprint density at radius 3 is 2.56 bits per heavy atom. The van der Waals surface area contributed by atoms with Crippen LogP contribution in [0.3, 0.4) is 0 Å². The lowest BCUT2D eigenvalue weighted by Gasteiger charge is -2.37. The molecule has 2 aromatic carbocycles. The summed E-state index contributed by atoms with van der Waals surface area (Å²) >= 11 is 0. The van der Waals surface area contributed by atoms with E-state index in [2.05, 4.69) is 53.2 Å². The highest BCUT2D eigenvalue weighted by molar-refractivity contribution is 5.96. The second-order valence-corrected chi connectivity index (χ2v) is 18.5. The predicted molar refractivity (Wildman–Crippen MR) is 238 cm³/mol. The van der Waals surface area contributed by atoms with Crippen molar-refractivity contribution in [1.29, 1.82) is 0 Å². The highest BCUT2D eigenvalue weighted by Gasteiger charge is 2.40. The maximum atomic E-state index is 14.6. The van der Waals surface area contributed by atoms with E-state index in [0.29, 0.717) is 50.9 Å². The van der Waals surface area contributed by atoms with Crippen molar-refractivity contribution < 1.29 is 33.8 Å². The summed E-state index contributed by atoms with van der Waals surface area (Å²) in [5.41, 5.74) is 9.93. The number of amides is 3. The molecule has 332 valence electrons. The monoisotopic (exact) mass is 849 g/mol. The molecular weight excluding hydrogens is 787 g/mol. The van der Waals surface area contributed by atoms with E-state index >= 15 is 0 Å². The molecule has 3 aliphatic rings. The smallest absolute Gasteiger partial charge is 0.324 e. The van der Waals surface area contributed by atoms with Crippen molar-refractivity contribution in [3.8, 4) is 28.1 Å². The summed E-state index contributed by atoms with van der Waals surface area (Å²) in [5.74, 6) is -1.73. The lowest BCUT2D eigenvalue weighted by Crippen LogP contribution is -2.62. The second-order valence-electron chi connectivity index (χ2n) is 18.5. The first-order valence-corrected chi connectivity index (χ1v) is 22.0. The molecule has 62 heavy (non-hydrogen) atoms. The molecule has 1 unspecified atom stereocenters. The average molecular weight is 850 g/mol. The first kappa shape index (κ1) is 44.7. The number of aryl methyl sites for hydroxylation is 1. The van der Waals surface area contributed by atoms with Crippen LogP contribution in [0.4, 0.5) is 0 Å². The number of carbonyl (C=O) groups is 4. The van der Waals surface area contributed by atoms with Crippen molar-refractivity contribution in [3.05, 3.63) is 71.5 Å². The van der Waals surface area contributed by atoms with Gasteiger partial charge in [-0.15, -0.1) is 0 Å². The number of nitrogens with zero attached hydrogens (tertiary/aromatic N) is 5. The van der Waals surface area contributed by atoms with Gasteiger partial charge in [-0.05, 0) is 117 Å². The first-order valence-electron chi connectivity index (χ1n) is 22.0. The number of rotatable bonds is 9. The van der Waals surface area contributed by atoms with E-state index in [1.165, 1.54) is 9.91 Å². The molecule has 2 fully saturated rings. The summed E-state index contributed by atoms with van der Waals surface area (Å²) in [4.78, 5) is 64.8. The summed E-state index contributed by atoms with van der Waals surface area (Å²) in [6, 6.07) is 10.5. The van der Waals surface area contributed by atoms with Crippen LogP contribution in [0.15, 0.2) is 54.9 Å². The largest absolute Gasteiger partial charge is 0.508 e. The third-order valence-corrected chi connectivity index (χ3v) is 12.8. The summed E-state index contributed by atoms with van der Waals surface area (Å²) in [6.07, 6.45) is 6.88. The van der Waals surface area contributed by atoms with E-state index in [0.717, 1.165) is 57.4 Å². The van der Waals surface area contributed by atoms with Gasteiger partial charge in [0.2, 0.25) is 11.8 Å². The van der Waals surface area contributed by atoms with Gasteiger partial charge in [0.15, 0.2) is 0 Å². The number of cyclic esters (lactones) is 1. The molecule has 4 aromatic rings. The number of likely N-dealkylation sites (tertiary alicyclic amines) is 1. The third-order valence-electron chi connectivity index (χ3n) is 12.8. The fourth-order valence-electron chi connectivity index (χ4n) is 9.71. The number of ether oxygens (including phenoxy) is 2. The Hall–Kier alpha value is -5.31. The minimum absolute atomic E-state index is 0.0160. The molecule has 0 saturated carbocycles. The Balaban J connectivity index is 1.33. The molecular formula is C48H63N7O7. The quantitative estimate of drug-likeness (QED) is 0.185. The van der Waals surface area contributed by atoms with Gasteiger partial charge in [-0.2, -0.15) is 0 Å². The van der Waals surface area contributed by atoms with Gasteiger partial charge in [-0.25, -0.2) is 5.43 Å². The molecule has 2 aromatic heterocycles. The van der Waals surface area contributed by atoms with Crippen LogP contribution in [0.5, 0.6) is 5.75 Å². The number of carbonyl (C=O) groups excluding carboxylic acids is 4. The van der Waals surface area contributed by atoms with Crippen LogP contribution in [-0.2, 0) is 54.6 Å². The van der Waals surface area contributed by atoms with Gasteiger partial charge in [0.25, 0.3) is 5.91 Å². The van der Waals surface area contributed by atoms with Crippen LogP contribution in [0.25, 0.3) is 33.3 Å². The summed E-state index contributed by atoms with van der Waals surface area (Å²) in [6.45, 7) is 12.4. The molecule has 0 aliphatic carbocycles. The van der Waals surface area contributed by atoms with Crippen molar-refractivity contribution in [3.63, 3.8) is 0 Å². The average Bonchev–Trinajstić information content (AvgIpc) is 3.81. The van der Waals surface area contributed by atoms with Crippen molar-refractivity contribution in [2.24, 2.45) is 11.3 Å². The number of benzene rings is 2. The summed E-state index contributed by atoms with van der Waals surface area (Å²) < 4.78 is 14.0. The second kappa shape index (κ2) is 18.6. The van der Waals surface area contributed by atoms with E-state index in [1.54, 1.807) is 32.5 Å². The zero-order valence-corrected chi connectivity index (χ0v) is 37.5. The number of nitrogens with one attached hydrogen (secondary N) is 2. The van der Waals surface area contributed by atoms with Gasteiger partial charge in [-0.1, -0.05) is 39.8 Å². The molecule has 3 aliphatic heterocycles. The number of likely N-dealkylation sites (N-methyl/N-ethyl adjacent to an activating group) is 2. The minimum Gasteiger partial charge on any atom is -0.508 e. The molecule has 14 nitrogen and oxygen atoms in total. The standard InChI is InChI=1S/C48H63N7O7/c1-9-54-40-15-14-31-24-35(40)36(43(54)37-26-49-17-16-32(37)27-61-8)25-48(4,5)28-62-47(60)38-12-10-19-55(51-38)45(58)39(22-30-20-33(31)23-34(56)21-30)50-44(57)42(29(2)3)53(7)46(59)41-13-11-18-52(41)6/h14-17,20-21,23-24,26,29,38-39,41-42,51,56H,9-13,18-19,22,25,27-28H2,1-8H3,(H,50,57)/t38-,39-,41+,42?/m0/s1. The Kier molecular flexibility index (Phi) is 13.4. The van der Waals surface area contributed by atoms with E-state index in [4.69, 9.17) is 9.47 Å². The molecule has 14 heteroatoms. The number of pyridine rings is 1. The zero-order valence-electron chi connectivity index (χ0n) is 37.5. The molecule has 0 radical (unpaired) electrons. The number of hydrazine groups is 1. The van der Waals surface area contributed by atoms with Gasteiger partial charge >= 0.3 is 5.97 Å². The van der Waals surface area contributed by atoms with Gasteiger partial charge in [0, 0.05) is 67.9 Å². The molecule has 2 saturated heterocycles. The number of hydrogen-bond acceptors (Lipinski definition) is 10. The van der Waals surface area contributed by atoms with Gasteiger partial charge in [0.05, 0.1) is 24.9 Å². The van der Waals surface area contributed by atoms with Gasteiger partial charge < -0.3 is 29.4 Å². The van der Waals surface area contributed by atoms with E-state index < -0.39 is 41.3 Å². The number of phenols is 1. The Morgan fingerprint density at radius 1 is 1.08 bits per heavy atom. The molecule has 0 spiro atoms. The molecule has 4 atom stereocenters. The van der Waals surface area contributed by atoms with Crippen LogP contribution < -0.4 is 10.7 Å². The van der Waals surface area contributed by atoms with E-state index in [1.807, 2.05) is 50.2 Å². The molecule has 3 amide bonds. The maximum absolute atomic E-state index is 14.6. The zero-order chi connectivity index (χ0) is 44.5. The number of fused-ring (bicyclic) bond motifs is 6. The van der Waals surface area contributed by atoms with Crippen LogP contribution in [0.2, 0.25) is 0 Å². The normalized spacial score (nSPS) is 21.4. The SMILES string of the molecule is CCn1c(-c2cnccc2COC)c2c3cc(ccc31)-c1cc(O)cc(c1)C[C@H](NC(=O)C(C(C)C)N(C)C(=O)[C@H]1CCCN1C)C(=O)N1CCC[C@H](N1)C(=O)OCC(C)(C)C2. The molecule has 5 heterocycles. The fourth-order valence-corrected chi connectivity index (χ4v) is 9.71. The number of aromatic nitrogens is 2. The fraction of sp³-hybridized carbons (Fsp3) is 0.521.